The molecule has 0 unspecified atom stereocenters. The van der Waals surface area contributed by atoms with E-state index in [1.54, 1.807) is 6.20 Å². The average molecular weight is 387 g/mol. The number of nitrogens with two attached hydrogens (primary N) is 1. The topological polar surface area (TPSA) is 105 Å². The number of morpholine rings is 1. The molecule has 0 amide bonds. The van der Waals surface area contributed by atoms with E-state index < -0.39 is 0 Å². The highest BCUT2D eigenvalue weighted by Gasteiger charge is 2.16. The molecule has 3 heterocycles. The van der Waals surface area contributed by atoms with Gasteiger partial charge in [0.2, 0.25) is 5.95 Å². The maximum Gasteiger partial charge on any atom is 0.228 e. The van der Waals surface area contributed by atoms with E-state index >= 15 is 0 Å². The van der Waals surface area contributed by atoms with Crippen LogP contribution in [0, 0.1) is 0 Å². The number of benzene rings is 2. The minimum absolute atomic E-state index is 0.672. The standard InChI is InChI=1S/C21H21N7O/c22-16-3-1-2-14(10-16)19-12-20(26-21(25-19)28-6-8-29-9-7-28)24-17-4-5-18-15(11-17)13-23-27-18/h1-5,10-13H,6-9,22H2,(H,23,27)(H,24,25,26). The number of hydrogen-bond donors (Lipinski definition) is 3. The van der Waals surface area contributed by atoms with Gasteiger partial charge in [0, 0.05) is 41.5 Å². The number of aromatic nitrogens is 4. The van der Waals surface area contributed by atoms with Crippen LogP contribution in [0.5, 0.6) is 0 Å². The van der Waals surface area contributed by atoms with E-state index in [-0.39, 0.29) is 0 Å². The summed E-state index contributed by atoms with van der Waals surface area (Å²) in [7, 11) is 0. The Hall–Kier alpha value is -3.65. The van der Waals surface area contributed by atoms with Gasteiger partial charge in [0.05, 0.1) is 30.6 Å². The van der Waals surface area contributed by atoms with Crippen molar-refractivity contribution in [3.8, 4) is 11.3 Å². The minimum atomic E-state index is 0.672. The summed E-state index contributed by atoms with van der Waals surface area (Å²) in [5, 5.41) is 11.5. The molecule has 2 aromatic heterocycles. The molecule has 4 aromatic rings. The van der Waals surface area contributed by atoms with Crippen LogP contribution in [0.3, 0.4) is 0 Å². The van der Waals surface area contributed by atoms with E-state index in [0.29, 0.717) is 24.8 Å². The second kappa shape index (κ2) is 7.40. The lowest BCUT2D eigenvalue weighted by Crippen LogP contribution is -2.37. The van der Waals surface area contributed by atoms with Crippen molar-refractivity contribution in [1.82, 2.24) is 20.2 Å². The molecule has 0 spiro atoms. The van der Waals surface area contributed by atoms with Gasteiger partial charge in [-0.1, -0.05) is 12.1 Å². The monoisotopic (exact) mass is 387 g/mol. The van der Waals surface area contributed by atoms with E-state index in [0.717, 1.165) is 46.8 Å². The molecule has 4 N–H and O–H groups in total. The average Bonchev–Trinajstić information content (AvgIpc) is 3.22. The molecule has 0 aliphatic carbocycles. The molecule has 8 heteroatoms. The first kappa shape index (κ1) is 17.4. The lowest BCUT2D eigenvalue weighted by atomic mass is 10.1. The first-order valence-corrected chi connectivity index (χ1v) is 9.52. The quantitative estimate of drug-likeness (QED) is 0.462. The second-order valence-electron chi connectivity index (χ2n) is 6.96. The van der Waals surface area contributed by atoms with Crippen molar-refractivity contribution >= 4 is 34.0 Å². The summed E-state index contributed by atoms with van der Waals surface area (Å²) in [5.74, 6) is 1.40. The van der Waals surface area contributed by atoms with E-state index in [4.69, 9.17) is 20.4 Å². The summed E-state index contributed by atoms with van der Waals surface area (Å²) in [6.07, 6.45) is 1.80. The van der Waals surface area contributed by atoms with E-state index in [9.17, 15) is 0 Å². The predicted molar refractivity (Wildman–Crippen MR) is 114 cm³/mol. The molecular weight excluding hydrogens is 366 g/mol. The van der Waals surface area contributed by atoms with Gasteiger partial charge in [0.1, 0.15) is 5.82 Å². The van der Waals surface area contributed by atoms with Crippen LogP contribution in [0.1, 0.15) is 0 Å². The fourth-order valence-electron chi connectivity index (χ4n) is 3.42. The zero-order valence-electron chi connectivity index (χ0n) is 15.8. The Labute approximate surface area is 167 Å². The summed E-state index contributed by atoms with van der Waals surface area (Å²) in [6, 6.07) is 15.7. The van der Waals surface area contributed by atoms with Crippen molar-refractivity contribution in [3.63, 3.8) is 0 Å². The molecule has 1 saturated heterocycles. The summed E-state index contributed by atoms with van der Waals surface area (Å²) < 4.78 is 5.47. The van der Waals surface area contributed by atoms with E-state index in [1.165, 1.54) is 0 Å². The number of nitrogens with one attached hydrogen (secondary N) is 2. The summed E-state index contributed by atoms with van der Waals surface area (Å²) >= 11 is 0. The third kappa shape index (κ3) is 3.70. The SMILES string of the molecule is Nc1cccc(-c2cc(Nc3ccc4[nH]ncc4c3)nc(N3CCOCC3)n2)c1. The van der Waals surface area contributed by atoms with Gasteiger partial charge in [-0.3, -0.25) is 5.10 Å². The third-order valence-electron chi connectivity index (χ3n) is 4.90. The van der Waals surface area contributed by atoms with E-state index in [2.05, 4.69) is 20.4 Å². The highest BCUT2D eigenvalue weighted by molar-refractivity contribution is 5.83. The van der Waals surface area contributed by atoms with Gasteiger partial charge in [0.25, 0.3) is 0 Å². The molecule has 1 aliphatic heterocycles. The molecule has 0 saturated carbocycles. The molecule has 1 aliphatic rings. The number of nitrogens with zero attached hydrogens (tertiary/aromatic N) is 4. The molecule has 0 radical (unpaired) electrons. The molecule has 5 rings (SSSR count). The molecule has 8 nitrogen and oxygen atoms in total. The minimum Gasteiger partial charge on any atom is -0.399 e. The Balaban J connectivity index is 1.54. The molecule has 1 fully saturated rings. The lowest BCUT2D eigenvalue weighted by Gasteiger charge is -2.27. The number of hydrogen-bond acceptors (Lipinski definition) is 7. The Morgan fingerprint density at radius 1 is 1.03 bits per heavy atom. The molecule has 0 atom stereocenters. The Kier molecular flexibility index (Phi) is 4.45. The Morgan fingerprint density at radius 3 is 2.79 bits per heavy atom. The van der Waals surface area contributed by atoms with Crippen LogP contribution < -0.4 is 16.0 Å². The Bertz CT molecular complexity index is 1150. The van der Waals surface area contributed by atoms with Crippen molar-refractivity contribution in [2.75, 3.05) is 42.3 Å². The van der Waals surface area contributed by atoms with Crippen LogP contribution in [0.4, 0.5) is 23.1 Å². The van der Waals surface area contributed by atoms with Crippen LogP contribution in [-0.4, -0.2) is 46.5 Å². The van der Waals surface area contributed by atoms with Gasteiger partial charge >= 0.3 is 0 Å². The normalized spacial score (nSPS) is 14.3. The second-order valence-corrected chi connectivity index (χ2v) is 6.96. The highest BCUT2D eigenvalue weighted by Crippen LogP contribution is 2.27. The van der Waals surface area contributed by atoms with Crippen LogP contribution in [0.2, 0.25) is 0 Å². The number of fused-ring (bicyclic) bond motifs is 1. The van der Waals surface area contributed by atoms with Gasteiger partial charge in [-0.05, 0) is 30.3 Å². The van der Waals surface area contributed by atoms with Gasteiger partial charge in [-0.25, -0.2) is 4.98 Å². The van der Waals surface area contributed by atoms with Crippen LogP contribution in [-0.2, 0) is 4.74 Å². The number of aromatic amines is 1. The number of ether oxygens (including phenoxy) is 1. The number of rotatable bonds is 4. The number of H-pyrrole nitrogens is 1. The highest BCUT2D eigenvalue weighted by atomic mass is 16.5. The summed E-state index contributed by atoms with van der Waals surface area (Å²) in [6.45, 7) is 2.87. The zero-order valence-corrected chi connectivity index (χ0v) is 15.8. The molecule has 2 aromatic carbocycles. The summed E-state index contributed by atoms with van der Waals surface area (Å²) in [5.41, 5.74) is 10.4. The van der Waals surface area contributed by atoms with Gasteiger partial charge < -0.3 is 20.7 Å². The van der Waals surface area contributed by atoms with Crippen LogP contribution >= 0.6 is 0 Å². The molecule has 0 bridgehead atoms. The van der Waals surface area contributed by atoms with Crippen molar-refractivity contribution in [2.24, 2.45) is 0 Å². The molecule has 146 valence electrons. The maximum absolute atomic E-state index is 5.99. The van der Waals surface area contributed by atoms with Gasteiger partial charge in [-0.2, -0.15) is 10.1 Å². The number of nitrogen functional groups attached to an aromatic ring is 1. The maximum atomic E-state index is 5.99. The number of anilines is 4. The van der Waals surface area contributed by atoms with Crippen LogP contribution in [0.25, 0.3) is 22.2 Å². The van der Waals surface area contributed by atoms with Crippen LogP contribution in [0.15, 0.2) is 54.7 Å². The van der Waals surface area contributed by atoms with Crippen molar-refractivity contribution < 1.29 is 4.74 Å². The first-order valence-electron chi connectivity index (χ1n) is 9.52. The fraction of sp³-hybridized carbons (Fsp3) is 0.190. The lowest BCUT2D eigenvalue weighted by molar-refractivity contribution is 0.122. The smallest absolute Gasteiger partial charge is 0.228 e. The Morgan fingerprint density at radius 2 is 1.93 bits per heavy atom. The van der Waals surface area contributed by atoms with Gasteiger partial charge in [0.15, 0.2) is 0 Å². The van der Waals surface area contributed by atoms with Crippen molar-refractivity contribution in [1.29, 1.82) is 0 Å². The zero-order chi connectivity index (χ0) is 19.6. The fourth-order valence-corrected chi connectivity index (χ4v) is 3.42. The predicted octanol–water partition coefficient (Wildman–Crippen LogP) is 3.18. The first-order chi connectivity index (χ1) is 14.2. The van der Waals surface area contributed by atoms with Crippen molar-refractivity contribution in [3.05, 3.63) is 54.7 Å². The molecular formula is C21H21N7O. The largest absolute Gasteiger partial charge is 0.399 e. The van der Waals surface area contributed by atoms with Crippen molar-refractivity contribution in [2.45, 2.75) is 0 Å². The van der Waals surface area contributed by atoms with E-state index in [1.807, 2.05) is 48.5 Å². The molecule has 29 heavy (non-hydrogen) atoms. The summed E-state index contributed by atoms with van der Waals surface area (Å²) in [4.78, 5) is 11.7. The van der Waals surface area contributed by atoms with Gasteiger partial charge in [-0.15, -0.1) is 0 Å². The third-order valence-corrected chi connectivity index (χ3v) is 4.90.